The van der Waals surface area contributed by atoms with Crippen molar-refractivity contribution in [1.82, 2.24) is 0 Å². The van der Waals surface area contributed by atoms with Gasteiger partial charge in [0.2, 0.25) is 0 Å². The van der Waals surface area contributed by atoms with Crippen LogP contribution < -0.4 is 0 Å². The number of hydrogen-bond acceptors (Lipinski definition) is 2. The molecule has 0 aromatic carbocycles. The Labute approximate surface area is 63.9 Å². The summed E-state index contributed by atoms with van der Waals surface area (Å²) in [5.74, 6) is 0. The van der Waals surface area contributed by atoms with Gasteiger partial charge in [-0.15, -0.1) is 0 Å². The van der Waals surface area contributed by atoms with Crippen LogP contribution in [0.15, 0.2) is 11.1 Å². The summed E-state index contributed by atoms with van der Waals surface area (Å²) in [5.41, 5.74) is -0.998. The number of rotatable bonds is 2. The zero-order chi connectivity index (χ0) is 7.61. The molecule has 3 heteroatoms. The van der Waals surface area contributed by atoms with Crippen molar-refractivity contribution >= 4 is 24.2 Å². The minimum atomic E-state index is -0.998. The third-order valence-electron chi connectivity index (χ3n) is 1.75. The van der Waals surface area contributed by atoms with Gasteiger partial charge in [0.25, 0.3) is 0 Å². The van der Waals surface area contributed by atoms with Crippen LogP contribution in [0.2, 0.25) is 0 Å². The summed E-state index contributed by atoms with van der Waals surface area (Å²) in [4.78, 5) is 20.8. The lowest BCUT2D eigenvalue weighted by atomic mass is 9.91. The fourth-order valence-corrected chi connectivity index (χ4v) is 1.30. The van der Waals surface area contributed by atoms with Gasteiger partial charge in [-0.3, -0.25) is 0 Å². The fourth-order valence-electron chi connectivity index (χ4n) is 1.01. The van der Waals surface area contributed by atoms with E-state index in [1.165, 1.54) is 0 Å². The van der Waals surface area contributed by atoms with Gasteiger partial charge in [-0.25, -0.2) is 0 Å². The molecule has 0 aromatic rings. The smallest absolute Gasteiger partial charge is 0.138 e. The summed E-state index contributed by atoms with van der Waals surface area (Å²) in [6.07, 6.45) is 4.19. The number of carbonyl (C=O) groups is 2. The number of halogens is 1. The fraction of sp³-hybridized carbons (Fsp3) is 0.429. The van der Waals surface area contributed by atoms with Crippen LogP contribution >= 0.6 is 11.6 Å². The van der Waals surface area contributed by atoms with Crippen LogP contribution in [0.4, 0.5) is 0 Å². The van der Waals surface area contributed by atoms with Crippen LogP contribution in [-0.4, -0.2) is 12.6 Å². The second-order valence-corrected chi connectivity index (χ2v) is 2.77. The average Bonchev–Trinajstić information content (AvgIpc) is 2.32. The van der Waals surface area contributed by atoms with Crippen LogP contribution in [0.25, 0.3) is 0 Å². The monoisotopic (exact) mass is 158 g/mol. The Morgan fingerprint density at radius 1 is 1.50 bits per heavy atom. The van der Waals surface area contributed by atoms with E-state index in [1.54, 1.807) is 6.08 Å². The summed E-state index contributed by atoms with van der Waals surface area (Å²) >= 11 is 5.63. The molecule has 1 rings (SSSR count). The molecule has 0 fully saturated rings. The lowest BCUT2D eigenvalue weighted by molar-refractivity contribution is -0.123. The molecule has 54 valence electrons. The molecule has 0 spiro atoms. The van der Waals surface area contributed by atoms with E-state index in [2.05, 4.69) is 0 Å². The molecule has 0 atom stereocenters. The molecule has 1 aliphatic rings. The number of aldehydes is 2. The summed E-state index contributed by atoms with van der Waals surface area (Å²) in [6.45, 7) is 0. The van der Waals surface area contributed by atoms with E-state index in [-0.39, 0.29) is 0 Å². The maximum absolute atomic E-state index is 10.4. The first-order valence-electron chi connectivity index (χ1n) is 3.04. The highest BCUT2D eigenvalue weighted by molar-refractivity contribution is 6.33. The van der Waals surface area contributed by atoms with E-state index in [0.29, 0.717) is 24.0 Å². The summed E-state index contributed by atoms with van der Waals surface area (Å²) in [7, 11) is 0. The Morgan fingerprint density at radius 3 is 2.30 bits per heavy atom. The lowest BCUT2D eigenvalue weighted by Gasteiger charge is -2.12. The van der Waals surface area contributed by atoms with E-state index in [4.69, 9.17) is 11.6 Å². The molecule has 0 N–H and O–H groups in total. The Bertz CT molecular complexity index is 188. The minimum absolute atomic E-state index is 0.373. The first-order valence-corrected chi connectivity index (χ1v) is 3.42. The van der Waals surface area contributed by atoms with E-state index < -0.39 is 5.41 Å². The molecule has 0 unspecified atom stereocenters. The van der Waals surface area contributed by atoms with Crippen molar-refractivity contribution in [3.63, 3.8) is 0 Å². The standard InChI is InChI=1S/C7H7ClO2/c8-6-2-1-3-7(6,4-9)5-10/h2,4-5H,1,3H2. The lowest BCUT2D eigenvalue weighted by Crippen LogP contribution is -2.21. The van der Waals surface area contributed by atoms with Crippen molar-refractivity contribution in [3.05, 3.63) is 11.1 Å². The Morgan fingerprint density at radius 2 is 2.10 bits per heavy atom. The number of allylic oxidation sites excluding steroid dienone is 2. The predicted octanol–water partition coefficient (Wildman–Crippen LogP) is 1.29. The predicted molar refractivity (Wildman–Crippen MR) is 37.7 cm³/mol. The van der Waals surface area contributed by atoms with E-state index >= 15 is 0 Å². The Balaban J connectivity index is 2.94. The third-order valence-corrected chi connectivity index (χ3v) is 2.25. The minimum Gasteiger partial charge on any atom is -0.302 e. The number of carbonyl (C=O) groups excluding carboxylic acids is 2. The van der Waals surface area contributed by atoms with Crippen molar-refractivity contribution < 1.29 is 9.59 Å². The summed E-state index contributed by atoms with van der Waals surface area (Å²) in [5, 5.41) is 0.373. The second kappa shape index (κ2) is 2.54. The topological polar surface area (TPSA) is 34.1 Å². The van der Waals surface area contributed by atoms with Gasteiger partial charge in [0.1, 0.15) is 18.0 Å². The molecule has 0 heterocycles. The molecule has 1 aliphatic carbocycles. The Hall–Kier alpha value is -0.630. The highest BCUT2D eigenvalue weighted by Gasteiger charge is 2.35. The Kier molecular flexibility index (Phi) is 1.90. The van der Waals surface area contributed by atoms with Gasteiger partial charge in [-0.2, -0.15) is 0 Å². The van der Waals surface area contributed by atoms with Gasteiger partial charge in [-0.05, 0) is 12.8 Å². The van der Waals surface area contributed by atoms with Crippen molar-refractivity contribution in [2.45, 2.75) is 12.8 Å². The van der Waals surface area contributed by atoms with E-state index in [0.717, 1.165) is 6.42 Å². The molecular formula is C7H7ClO2. The molecule has 0 radical (unpaired) electrons. The van der Waals surface area contributed by atoms with Gasteiger partial charge >= 0.3 is 0 Å². The molecule has 0 saturated carbocycles. The number of hydrogen-bond donors (Lipinski definition) is 0. The zero-order valence-electron chi connectivity index (χ0n) is 5.34. The third kappa shape index (κ3) is 0.886. The van der Waals surface area contributed by atoms with Crippen molar-refractivity contribution in [3.8, 4) is 0 Å². The normalized spacial score (nSPS) is 21.9. The molecule has 10 heavy (non-hydrogen) atoms. The largest absolute Gasteiger partial charge is 0.302 e. The van der Waals surface area contributed by atoms with Crippen LogP contribution in [0.5, 0.6) is 0 Å². The second-order valence-electron chi connectivity index (χ2n) is 2.37. The van der Waals surface area contributed by atoms with Crippen LogP contribution in [0, 0.1) is 5.41 Å². The summed E-state index contributed by atoms with van der Waals surface area (Å²) in [6, 6.07) is 0. The van der Waals surface area contributed by atoms with Gasteiger partial charge in [-0.1, -0.05) is 17.7 Å². The molecule has 2 nitrogen and oxygen atoms in total. The zero-order valence-corrected chi connectivity index (χ0v) is 6.10. The van der Waals surface area contributed by atoms with E-state index in [9.17, 15) is 9.59 Å². The highest BCUT2D eigenvalue weighted by atomic mass is 35.5. The maximum atomic E-state index is 10.4. The molecule has 0 amide bonds. The molecular weight excluding hydrogens is 152 g/mol. The van der Waals surface area contributed by atoms with Gasteiger partial charge < -0.3 is 9.59 Å². The van der Waals surface area contributed by atoms with Crippen molar-refractivity contribution in [1.29, 1.82) is 0 Å². The first-order chi connectivity index (χ1) is 4.75. The molecule has 0 bridgehead atoms. The maximum Gasteiger partial charge on any atom is 0.138 e. The van der Waals surface area contributed by atoms with Crippen LogP contribution in [0.1, 0.15) is 12.8 Å². The van der Waals surface area contributed by atoms with Crippen molar-refractivity contribution in [2.24, 2.45) is 5.41 Å². The molecule has 0 saturated heterocycles. The average molecular weight is 159 g/mol. The quantitative estimate of drug-likeness (QED) is 0.448. The SMILES string of the molecule is O=CC1(C=O)CCC=C1Cl. The van der Waals surface area contributed by atoms with Crippen LogP contribution in [-0.2, 0) is 9.59 Å². The van der Waals surface area contributed by atoms with Gasteiger partial charge in [0.15, 0.2) is 0 Å². The van der Waals surface area contributed by atoms with Crippen molar-refractivity contribution in [2.75, 3.05) is 0 Å². The highest BCUT2D eigenvalue weighted by Crippen LogP contribution is 2.37. The van der Waals surface area contributed by atoms with Gasteiger partial charge in [0.05, 0.1) is 0 Å². The van der Waals surface area contributed by atoms with Gasteiger partial charge in [0, 0.05) is 5.03 Å². The summed E-state index contributed by atoms with van der Waals surface area (Å²) < 4.78 is 0. The molecule has 0 aliphatic heterocycles. The van der Waals surface area contributed by atoms with Crippen LogP contribution in [0.3, 0.4) is 0 Å². The molecule has 0 aromatic heterocycles. The van der Waals surface area contributed by atoms with E-state index in [1.807, 2.05) is 0 Å². The first kappa shape index (κ1) is 7.48.